The maximum atomic E-state index is 10.5. The molecule has 0 fully saturated rings. The van der Waals surface area contributed by atoms with E-state index in [1.165, 1.54) is 6.92 Å². The summed E-state index contributed by atoms with van der Waals surface area (Å²) in [6.45, 7) is 1.45. The van der Waals surface area contributed by atoms with Gasteiger partial charge in [0.05, 0.1) is 0 Å². The standard InChI is InChI=1S/C10H9O3/c1-8(12)13-7-10-5-3-2-4-9(10)6-11/h2-5H,7H2,1H3. The molecule has 0 atom stereocenters. The zero-order valence-corrected chi connectivity index (χ0v) is 7.24. The Bertz CT molecular complexity index is 318. The van der Waals surface area contributed by atoms with Crippen molar-refractivity contribution in [3.05, 3.63) is 35.4 Å². The highest BCUT2D eigenvalue weighted by molar-refractivity contribution is 5.77. The van der Waals surface area contributed by atoms with Gasteiger partial charge in [-0.2, -0.15) is 0 Å². The van der Waals surface area contributed by atoms with Gasteiger partial charge in [0.25, 0.3) is 0 Å². The second-order valence-corrected chi connectivity index (χ2v) is 2.54. The predicted octanol–water partition coefficient (Wildman–Crippen LogP) is 1.21. The summed E-state index contributed by atoms with van der Waals surface area (Å²) in [5.74, 6) is -0.360. The van der Waals surface area contributed by atoms with Gasteiger partial charge in [-0.3, -0.25) is 9.59 Å². The summed E-state index contributed by atoms with van der Waals surface area (Å²) >= 11 is 0. The lowest BCUT2D eigenvalue weighted by atomic mass is 10.1. The van der Waals surface area contributed by atoms with Crippen molar-refractivity contribution in [1.29, 1.82) is 0 Å². The molecule has 0 bridgehead atoms. The van der Waals surface area contributed by atoms with Gasteiger partial charge in [-0.25, -0.2) is 0 Å². The van der Waals surface area contributed by atoms with Gasteiger partial charge in [-0.05, 0) is 0 Å². The first-order valence-electron chi connectivity index (χ1n) is 3.83. The Balaban J connectivity index is 2.75. The van der Waals surface area contributed by atoms with Crippen LogP contribution in [0.15, 0.2) is 24.3 Å². The molecule has 0 spiro atoms. The normalized spacial score (nSPS) is 9.31. The second-order valence-electron chi connectivity index (χ2n) is 2.54. The molecule has 1 aromatic rings. The maximum Gasteiger partial charge on any atom is 0.302 e. The first kappa shape index (κ1) is 9.45. The average molecular weight is 177 g/mol. The van der Waals surface area contributed by atoms with Crippen LogP contribution >= 0.6 is 0 Å². The summed E-state index contributed by atoms with van der Waals surface area (Å²) in [6.07, 6.45) is 1.78. The lowest BCUT2D eigenvalue weighted by molar-refractivity contribution is -0.142. The molecule has 0 saturated carbocycles. The fourth-order valence-electron chi connectivity index (χ4n) is 0.925. The minimum Gasteiger partial charge on any atom is -0.461 e. The molecule has 0 aliphatic heterocycles. The Kier molecular flexibility index (Phi) is 3.20. The molecule has 67 valence electrons. The van der Waals surface area contributed by atoms with Crippen LogP contribution in [0.25, 0.3) is 0 Å². The molecule has 0 saturated heterocycles. The van der Waals surface area contributed by atoms with E-state index in [2.05, 4.69) is 0 Å². The third-order valence-electron chi connectivity index (χ3n) is 1.56. The quantitative estimate of drug-likeness (QED) is 0.652. The topological polar surface area (TPSA) is 43.4 Å². The Morgan fingerprint density at radius 2 is 2.15 bits per heavy atom. The molecule has 1 radical (unpaired) electrons. The minimum absolute atomic E-state index is 0.126. The second kappa shape index (κ2) is 4.40. The fourth-order valence-corrected chi connectivity index (χ4v) is 0.925. The highest BCUT2D eigenvalue weighted by Gasteiger charge is 2.02. The van der Waals surface area contributed by atoms with Crippen LogP contribution in [-0.4, -0.2) is 12.3 Å². The van der Waals surface area contributed by atoms with E-state index in [1.54, 1.807) is 30.6 Å². The van der Waals surface area contributed by atoms with Crippen molar-refractivity contribution in [2.75, 3.05) is 0 Å². The number of esters is 1. The molecule has 13 heavy (non-hydrogen) atoms. The van der Waals surface area contributed by atoms with Gasteiger partial charge < -0.3 is 4.74 Å². The Morgan fingerprint density at radius 3 is 2.77 bits per heavy atom. The summed E-state index contributed by atoms with van der Waals surface area (Å²) in [6, 6.07) is 6.87. The monoisotopic (exact) mass is 177 g/mol. The zero-order chi connectivity index (χ0) is 9.68. The molecule has 3 nitrogen and oxygen atoms in total. The van der Waals surface area contributed by atoms with Crippen molar-refractivity contribution in [3.8, 4) is 0 Å². The molecular formula is C10H9O3. The SMILES string of the molecule is CC(=O)OCc1ccccc1[C]=O. The number of hydrogen-bond donors (Lipinski definition) is 0. The van der Waals surface area contributed by atoms with Crippen LogP contribution in [0, 0.1) is 0 Å². The van der Waals surface area contributed by atoms with E-state index in [0.29, 0.717) is 11.1 Å². The molecule has 0 amide bonds. The minimum atomic E-state index is -0.360. The van der Waals surface area contributed by atoms with E-state index in [0.717, 1.165) is 0 Å². The molecule has 0 unspecified atom stereocenters. The van der Waals surface area contributed by atoms with Crippen LogP contribution < -0.4 is 0 Å². The van der Waals surface area contributed by atoms with Gasteiger partial charge in [0.15, 0.2) is 0 Å². The molecule has 1 rings (SSSR count). The van der Waals surface area contributed by atoms with E-state index in [9.17, 15) is 9.59 Å². The molecular weight excluding hydrogens is 168 g/mol. The van der Waals surface area contributed by atoms with Gasteiger partial charge >= 0.3 is 5.97 Å². The van der Waals surface area contributed by atoms with Gasteiger partial charge in [-0.15, -0.1) is 0 Å². The van der Waals surface area contributed by atoms with Crippen LogP contribution in [0.4, 0.5) is 0 Å². The number of hydrogen-bond acceptors (Lipinski definition) is 3. The third kappa shape index (κ3) is 2.71. The predicted molar refractivity (Wildman–Crippen MR) is 46.7 cm³/mol. The fraction of sp³-hybridized carbons (Fsp3) is 0.200. The highest BCUT2D eigenvalue weighted by atomic mass is 16.5. The van der Waals surface area contributed by atoms with Crippen molar-refractivity contribution >= 4 is 12.3 Å². The number of carbonyl (C=O) groups excluding carboxylic acids is 2. The largest absolute Gasteiger partial charge is 0.461 e. The van der Waals surface area contributed by atoms with Crippen molar-refractivity contribution < 1.29 is 14.3 Å². The Morgan fingerprint density at radius 1 is 1.46 bits per heavy atom. The smallest absolute Gasteiger partial charge is 0.302 e. The molecule has 0 N–H and O–H groups in total. The lowest BCUT2D eigenvalue weighted by Crippen LogP contribution is -2.01. The van der Waals surface area contributed by atoms with Gasteiger partial charge in [0, 0.05) is 18.1 Å². The number of carbonyl (C=O) groups is 1. The average Bonchev–Trinajstić information content (AvgIpc) is 2.15. The van der Waals surface area contributed by atoms with Gasteiger partial charge in [0.1, 0.15) is 6.61 Å². The highest BCUT2D eigenvalue weighted by Crippen LogP contribution is 2.07. The van der Waals surface area contributed by atoms with E-state index in [-0.39, 0.29) is 12.6 Å². The van der Waals surface area contributed by atoms with E-state index in [4.69, 9.17) is 4.74 Å². The molecule has 0 aliphatic carbocycles. The van der Waals surface area contributed by atoms with Gasteiger partial charge in [-0.1, -0.05) is 24.3 Å². The third-order valence-corrected chi connectivity index (χ3v) is 1.56. The van der Waals surface area contributed by atoms with Crippen molar-refractivity contribution in [2.24, 2.45) is 0 Å². The Hall–Kier alpha value is -1.64. The van der Waals surface area contributed by atoms with Crippen LogP contribution in [0.1, 0.15) is 18.1 Å². The van der Waals surface area contributed by atoms with Crippen LogP contribution in [0.5, 0.6) is 0 Å². The zero-order valence-electron chi connectivity index (χ0n) is 7.24. The summed E-state index contributed by atoms with van der Waals surface area (Å²) < 4.78 is 4.75. The summed E-state index contributed by atoms with van der Waals surface area (Å²) in [4.78, 5) is 20.9. The molecule has 0 aliphatic rings. The Labute approximate surface area is 76.3 Å². The van der Waals surface area contributed by atoms with E-state index >= 15 is 0 Å². The van der Waals surface area contributed by atoms with E-state index < -0.39 is 0 Å². The lowest BCUT2D eigenvalue weighted by Gasteiger charge is -2.03. The maximum absolute atomic E-state index is 10.5. The van der Waals surface area contributed by atoms with Crippen molar-refractivity contribution in [3.63, 3.8) is 0 Å². The van der Waals surface area contributed by atoms with Crippen LogP contribution in [0.3, 0.4) is 0 Å². The van der Waals surface area contributed by atoms with Crippen molar-refractivity contribution in [2.45, 2.75) is 13.5 Å². The summed E-state index contributed by atoms with van der Waals surface area (Å²) in [5, 5.41) is 0. The number of rotatable bonds is 3. The van der Waals surface area contributed by atoms with Crippen LogP contribution in [-0.2, 0) is 20.9 Å². The number of ether oxygens (including phenoxy) is 1. The summed E-state index contributed by atoms with van der Waals surface area (Å²) in [7, 11) is 0. The first-order valence-corrected chi connectivity index (χ1v) is 3.83. The van der Waals surface area contributed by atoms with E-state index in [1.807, 2.05) is 0 Å². The summed E-state index contributed by atoms with van der Waals surface area (Å²) in [5.41, 5.74) is 1.11. The van der Waals surface area contributed by atoms with Crippen LogP contribution in [0.2, 0.25) is 0 Å². The molecule has 3 heteroatoms. The number of benzene rings is 1. The van der Waals surface area contributed by atoms with Crippen molar-refractivity contribution in [1.82, 2.24) is 0 Å². The molecule has 0 aromatic heterocycles. The first-order chi connectivity index (χ1) is 6.24. The molecule has 0 heterocycles. The van der Waals surface area contributed by atoms with Gasteiger partial charge in [0.2, 0.25) is 6.29 Å². The molecule has 1 aromatic carbocycles.